The van der Waals surface area contributed by atoms with Crippen molar-refractivity contribution in [3.8, 4) is 0 Å². The summed E-state index contributed by atoms with van der Waals surface area (Å²) in [4.78, 5) is 2.98. The molecule has 5 heteroatoms. The Hall–Kier alpha value is -0.200. The van der Waals surface area contributed by atoms with Crippen LogP contribution in [0.4, 0.5) is 0 Å². The van der Waals surface area contributed by atoms with E-state index in [0.717, 1.165) is 6.54 Å². The highest BCUT2D eigenvalue weighted by Crippen LogP contribution is 2.38. The molecule has 3 heterocycles. The zero-order valence-electron chi connectivity index (χ0n) is 27.7. The second-order valence-electron chi connectivity index (χ2n) is 17.5. The summed E-state index contributed by atoms with van der Waals surface area (Å²) in [5.74, 6) is 0. The van der Waals surface area contributed by atoms with Crippen molar-refractivity contribution < 1.29 is 0 Å². The minimum atomic E-state index is 0.187. The van der Waals surface area contributed by atoms with Gasteiger partial charge >= 0.3 is 0 Å². The molecule has 224 valence electrons. The van der Waals surface area contributed by atoms with Crippen molar-refractivity contribution in [1.29, 1.82) is 0 Å². The second-order valence-corrected chi connectivity index (χ2v) is 17.5. The van der Waals surface area contributed by atoms with Gasteiger partial charge in [0.15, 0.2) is 0 Å². The Labute approximate surface area is 237 Å². The minimum Gasteiger partial charge on any atom is -0.314 e. The normalized spacial score (nSPS) is 29.0. The Balaban J connectivity index is 1.54. The van der Waals surface area contributed by atoms with Crippen LogP contribution in [0.15, 0.2) is 0 Å². The van der Waals surface area contributed by atoms with Crippen LogP contribution < -0.4 is 21.3 Å². The third-order valence-corrected chi connectivity index (χ3v) is 9.24. The average Bonchev–Trinajstić information content (AvgIpc) is 2.62. The third kappa shape index (κ3) is 10.0. The van der Waals surface area contributed by atoms with Crippen LogP contribution in [0.3, 0.4) is 0 Å². The summed E-state index contributed by atoms with van der Waals surface area (Å²) in [7, 11) is 0. The van der Waals surface area contributed by atoms with Crippen LogP contribution in [0.25, 0.3) is 0 Å². The molecule has 0 unspecified atom stereocenters. The maximum atomic E-state index is 3.93. The molecule has 3 rings (SSSR count). The van der Waals surface area contributed by atoms with E-state index in [2.05, 4.69) is 109 Å². The van der Waals surface area contributed by atoms with E-state index in [-0.39, 0.29) is 33.2 Å². The maximum absolute atomic E-state index is 3.93. The van der Waals surface area contributed by atoms with E-state index in [1.807, 2.05) is 0 Å². The van der Waals surface area contributed by atoms with Crippen LogP contribution in [-0.2, 0) is 0 Å². The molecule has 0 atom stereocenters. The molecule has 0 radical (unpaired) electrons. The van der Waals surface area contributed by atoms with Gasteiger partial charge < -0.3 is 21.3 Å². The lowest BCUT2D eigenvalue weighted by Gasteiger charge is -2.55. The minimum absolute atomic E-state index is 0.187. The average molecular weight is 534 g/mol. The Morgan fingerprint density at radius 3 is 1.24 bits per heavy atom. The molecule has 0 bridgehead atoms. The van der Waals surface area contributed by atoms with Crippen molar-refractivity contribution in [3.05, 3.63) is 0 Å². The maximum Gasteiger partial charge on any atom is 0.0145 e. The number of rotatable bonds is 10. The van der Waals surface area contributed by atoms with E-state index in [9.17, 15) is 0 Å². The molecule has 0 aromatic carbocycles. The molecular formula is C33H67N5. The van der Waals surface area contributed by atoms with Gasteiger partial charge in [-0.05, 0) is 148 Å². The molecule has 3 saturated heterocycles. The zero-order chi connectivity index (χ0) is 28.6. The molecule has 0 aromatic heterocycles. The molecule has 3 aliphatic heterocycles. The van der Waals surface area contributed by atoms with Crippen molar-refractivity contribution in [1.82, 2.24) is 26.2 Å². The molecule has 38 heavy (non-hydrogen) atoms. The summed E-state index contributed by atoms with van der Waals surface area (Å²) >= 11 is 0. The van der Waals surface area contributed by atoms with Crippen LogP contribution >= 0.6 is 0 Å². The van der Waals surface area contributed by atoms with Gasteiger partial charge in [0.2, 0.25) is 0 Å². The molecule has 0 aromatic rings. The number of unbranched alkanes of at least 4 members (excludes halogenated alkanes) is 3. The van der Waals surface area contributed by atoms with Crippen molar-refractivity contribution in [2.75, 3.05) is 13.1 Å². The van der Waals surface area contributed by atoms with Gasteiger partial charge in [-0.15, -0.1) is 0 Å². The van der Waals surface area contributed by atoms with Gasteiger partial charge in [-0.3, -0.25) is 4.90 Å². The standard InChI is InChI=1S/C33H67N5/c1-28(2)19-25(20-29(3,4)35-28)34-17-15-13-14-16-18-38(26-21-30(5,6)36-31(7,8)22-26)27-23-32(9,10)37-33(11,12)24-27/h25-27,34-37H,13-24H2,1-12H3. The smallest absolute Gasteiger partial charge is 0.0145 e. The van der Waals surface area contributed by atoms with Crippen molar-refractivity contribution >= 4 is 0 Å². The first-order valence-electron chi connectivity index (χ1n) is 16.0. The van der Waals surface area contributed by atoms with Crippen LogP contribution in [-0.4, -0.2) is 69.3 Å². The summed E-state index contributed by atoms with van der Waals surface area (Å²) in [5, 5.41) is 15.6. The fourth-order valence-corrected chi connectivity index (χ4v) is 9.21. The van der Waals surface area contributed by atoms with Gasteiger partial charge in [-0.25, -0.2) is 0 Å². The predicted octanol–water partition coefficient (Wildman–Crippen LogP) is 6.37. The van der Waals surface area contributed by atoms with E-state index in [1.54, 1.807) is 0 Å². The topological polar surface area (TPSA) is 51.4 Å². The van der Waals surface area contributed by atoms with Crippen LogP contribution in [0.5, 0.6) is 0 Å². The van der Waals surface area contributed by atoms with Crippen molar-refractivity contribution in [3.63, 3.8) is 0 Å². The van der Waals surface area contributed by atoms with Gasteiger partial charge in [-0.2, -0.15) is 0 Å². The highest BCUT2D eigenvalue weighted by molar-refractivity contribution is 5.05. The van der Waals surface area contributed by atoms with Gasteiger partial charge in [0, 0.05) is 51.4 Å². The van der Waals surface area contributed by atoms with E-state index >= 15 is 0 Å². The van der Waals surface area contributed by atoms with E-state index < -0.39 is 0 Å². The summed E-state index contributed by atoms with van der Waals surface area (Å²) < 4.78 is 0. The molecule has 5 nitrogen and oxygen atoms in total. The SMILES string of the molecule is CC1(C)CC(NCCCCCCN(C2CC(C)(C)NC(C)(C)C2)C2CC(C)(C)NC(C)(C)C2)CC(C)(C)N1. The predicted molar refractivity (Wildman–Crippen MR) is 166 cm³/mol. The van der Waals surface area contributed by atoms with Gasteiger partial charge in [0.1, 0.15) is 0 Å². The summed E-state index contributed by atoms with van der Waals surface area (Å²) in [6.07, 6.45) is 12.7. The Bertz CT molecular complexity index is 679. The Morgan fingerprint density at radius 2 is 0.842 bits per heavy atom. The third-order valence-electron chi connectivity index (χ3n) is 9.24. The van der Waals surface area contributed by atoms with Gasteiger partial charge in [-0.1, -0.05) is 12.8 Å². The molecule has 3 aliphatic rings. The molecule has 0 saturated carbocycles. The molecular weight excluding hydrogens is 466 g/mol. The first kappa shape index (κ1) is 32.3. The van der Waals surface area contributed by atoms with E-state index in [0.29, 0.717) is 18.1 Å². The lowest BCUT2D eigenvalue weighted by molar-refractivity contribution is -0.00298. The highest BCUT2D eigenvalue weighted by atomic mass is 15.2. The highest BCUT2D eigenvalue weighted by Gasteiger charge is 2.45. The Morgan fingerprint density at radius 1 is 0.500 bits per heavy atom. The second kappa shape index (κ2) is 11.6. The molecule has 4 N–H and O–H groups in total. The molecule has 0 amide bonds. The molecule has 0 spiro atoms. The summed E-state index contributed by atoms with van der Waals surface area (Å²) in [6, 6.07) is 1.95. The van der Waals surface area contributed by atoms with Gasteiger partial charge in [0.05, 0.1) is 0 Å². The Kier molecular flexibility index (Phi) is 9.85. The quantitative estimate of drug-likeness (QED) is 0.246. The fourth-order valence-electron chi connectivity index (χ4n) is 9.21. The number of hydrogen-bond acceptors (Lipinski definition) is 5. The van der Waals surface area contributed by atoms with Crippen LogP contribution in [0.1, 0.15) is 147 Å². The zero-order valence-corrected chi connectivity index (χ0v) is 27.7. The first-order chi connectivity index (χ1) is 17.2. The number of hydrogen-bond donors (Lipinski definition) is 4. The summed E-state index contributed by atoms with van der Waals surface area (Å²) in [6.45, 7) is 31.1. The monoisotopic (exact) mass is 534 g/mol. The largest absolute Gasteiger partial charge is 0.314 e. The van der Waals surface area contributed by atoms with E-state index in [1.165, 1.54) is 70.8 Å². The van der Waals surface area contributed by atoms with E-state index in [4.69, 9.17) is 0 Å². The lowest BCUT2D eigenvalue weighted by Crippen LogP contribution is -2.67. The van der Waals surface area contributed by atoms with Gasteiger partial charge in [0.25, 0.3) is 0 Å². The lowest BCUT2D eigenvalue weighted by atomic mass is 9.75. The number of nitrogens with zero attached hydrogens (tertiary/aromatic N) is 1. The number of piperidine rings is 3. The summed E-state index contributed by atoms with van der Waals surface area (Å²) in [5.41, 5.74) is 1.19. The van der Waals surface area contributed by atoms with Crippen LogP contribution in [0, 0.1) is 0 Å². The number of nitrogens with one attached hydrogen (secondary N) is 4. The van der Waals surface area contributed by atoms with Crippen LogP contribution in [0.2, 0.25) is 0 Å². The fraction of sp³-hybridized carbons (Fsp3) is 1.00. The molecule has 3 fully saturated rings. The molecule has 0 aliphatic carbocycles. The first-order valence-corrected chi connectivity index (χ1v) is 16.0. The van der Waals surface area contributed by atoms with Crippen molar-refractivity contribution in [2.24, 2.45) is 0 Å². The van der Waals surface area contributed by atoms with Crippen molar-refractivity contribution in [2.45, 2.75) is 199 Å².